The second kappa shape index (κ2) is 9.39. The molecule has 0 radical (unpaired) electrons. The van der Waals surface area contributed by atoms with E-state index in [4.69, 9.17) is 42.3 Å². The third-order valence-corrected chi connectivity index (χ3v) is 14.2. The van der Waals surface area contributed by atoms with E-state index in [0.29, 0.717) is 11.3 Å². The Bertz CT molecular complexity index is 1870. The number of cyclic esters (lactones) is 1. The van der Waals surface area contributed by atoms with Crippen molar-refractivity contribution in [2.75, 3.05) is 13.7 Å². The van der Waals surface area contributed by atoms with Gasteiger partial charge >= 0.3 is 29.8 Å². The molecule has 3 spiro atoms. The Morgan fingerprint density at radius 3 is 2.37 bits per heavy atom. The van der Waals surface area contributed by atoms with E-state index in [0.717, 1.165) is 0 Å². The molecule has 7 fully saturated rings. The zero-order chi connectivity index (χ0) is 36.5. The lowest BCUT2D eigenvalue weighted by molar-refractivity contribution is -0.487. The van der Waals surface area contributed by atoms with Crippen molar-refractivity contribution in [3.05, 3.63) is 23.7 Å². The summed E-state index contributed by atoms with van der Waals surface area (Å²) in [7, 11) is 1.22. The average molecular weight is 713 g/mol. The number of ketones is 1. The van der Waals surface area contributed by atoms with Crippen LogP contribution in [0.4, 0.5) is 0 Å². The average Bonchev–Trinajstić information content (AvgIpc) is 3.74. The van der Waals surface area contributed by atoms with Crippen LogP contribution in [0.25, 0.3) is 0 Å². The molecular formula is C36H40O15. The fraction of sp³-hybridized carbons (Fsp3) is 0.722. The van der Waals surface area contributed by atoms with Crippen molar-refractivity contribution < 1.29 is 71.1 Å². The van der Waals surface area contributed by atoms with Crippen LogP contribution in [0.15, 0.2) is 16.7 Å². The molecule has 8 aliphatic rings. The van der Waals surface area contributed by atoms with Crippen LogP contribution in [-0.4, -0.2) is 89.9 Å². The maximum atomic E-state index is 14.8. The number of carbonyl (C=O) groups is 6. The van der Waals surface area contributed by atoms with Crippen molar-refractivity contribution in [1.82, 2.24) is 0 Å². The van der Waals surface area contributed by atoms with Crippen LogP contribution in [0.5, 0.6) is 0 Å². The highest BCUT2D eigenvalue weighted by Crippen LogP contribution is 2.92. The van der Waals surface area contributed by atoms with E-state index in [1.807, 2.05) is 6.92 Å². The Morgan fingerprint density at radius 2 is 1.71 bits per heavy atom. The van der Waals surface area contributed by atoms with Crippen molar-refractivity contribution in [1.29, 1.82) is 0 Å². The van der Waals surface area contributed by atoms with Gasteiger partial charge in [0, 0.05) is 50.4 Å². The number of esters is 5. The number of ether oxygens (including phenoxy) is 8. The van der Waals surface area contributed by atoms with Crippen molar-refractivity contribution >= 4 is 35.6 Å². The van der Waals surface area contributed by atoms with Crippen molar-refractivity contribution in [2.45, 2.75) is 120 Å². The van der Waals surface area contributed by atoms with Gasteiger partial charge in [0.1, 0.15) is 29.2 Å². The summed E-state index contributed by atoms with van der Waals surface area (Å²) < 4.78 is 58.4. The normalized spacial score (nSPS) is 50.1. The molecule has 15 nitrogen and oxygen atoms in total. The predicted molar refractivity (Wildman–Crippen MR) is 163 cm³/mol. The number of hydrogen-bond acceptors (Lipinski definition) is 15. The molecule has 0 aromatic carbocycles. The first-order chi connectivity index (χ1) is 23.9. The molecule has 2 unspecified atom stereocenters. The fourth-order valence-corrected chi connectivity index (χ4v) is 13.3. The highest BCUT2D eigenvalue weighted by molar-refractivity contribution is 6.03. The summed E-state index contributed by atoms with van der Waals surface area (Å²) in [5.74, 6) is -8.26. The summed E-state index contributed by atoms with van der Waals surface area (Å²) in [6, 6.07) is 1.59. The molecular weight excluding hydrogens is 672 g/mol. The van der Waals surface area contributed by atoms with Crippen LogP contribution in [0.2, 0.25) is 0 Å². The highest BCUT2D eigenvalue weighted by Gasteiger charge is 3.08. The maximum absolute atomic E-state index is 14.8. The smallest absolute Gasteiger partial charge is 0.306 e. The minimum absolute atomic E-state index is 0.0441. The first kappa shape index (κ1) is 33.0. The third kappa shape index (κ3) is 3.11. The van der Waals surface area contributed by atoms with E-state index in [-0.39, 0.29) is 38.1 Å². The number of hydrogen-bond donors (Lipinski definition) is 0. The van der Waals surface area contributed by atoms with Gasteiger partial charge in [-0.15, -0.1) is 0 Å². The zero-order valence-electron chi connectivity index (χ0n) is 29.4. The van der Waals surface area contributed by atoms with Gasteiger partial charge < -0.3 is 42.3 Å². The standard InChI is InChI=1S/C36H40O15/c1-8-22(39)47-28-34-21(12-23(40)43-7)29(4)13-19(25-18(26(29)42)9-10-44-25)36(34)32-15-45-24(41)11-20(32)30(5)14-33(32,49-31(6,50-34)51-36)35(28,48-17(3)38)27(30)46-16(2)37/h9-10,19-21,27-28H,8,11-15H2,1-7H3/t19-,20+,21-,27+,28+,29-,30?,31?,32-,33-,34-,35+,36+/m1/s1. The molecule has 51 heavy (non-hydrogen) atoms. The Kier molecular flexibility index (Phi) is 6.09. The Labute approximate surface area is 292 Å². The van der Waals surface area contributed by atoms with E-state index < -0.39 is 111 Å². The monoisotopic (exact) mass is 712 g/mol. The SMILES string of the molecule is CCC(=O)O[C@@H]1[C@@]2(OC(C)=O)[C@@H](OC(C)=O)C3(C)C[C@]24OC2(C)O[C@]15[C@H](CC(=O)OC)[C@@]1(C)C[C@H](c6occc6C1=O)[C@]5(O2)[C@@]41COC(=O)C[C@@H]31. The van der Waals surface area contributed by atoms with Crippen LogP contribution in [0.3, 0.4) is 0 Å². The molecule has 6 bridgehead atoms. The number of fused-ring (bicyclic) bond motifs is 7. The number of methoxy groups -OCH3 is 1. The summed E-state index contributed by atoms with van der Waals surface area (Å²) in [6.07, 6.45) is -2.24. The maximum Gasteiger partial charge on any atom is 0.306 e. The van der Waals surface area contributed by atoms with Crippen molar-refractivity contribution in [2.24, 2.45) is 28.1 Å². The van der Waals surface area contributed by atoms with Crippen LogP contribution < -0.4 is 0 Å². The molecule has 9 rings (SSSR count). The summed E-state index contributed by atoms with van der Waals surface area (Å²) in [6.45, 7) is 8.77. The fourth-order valence-electron chi connectivity index (χ4n) is 13.3. The predicted octanol–water partition coefficient (Wildman–Crippen LogP) is 2.66. The number of Topliss-reactive ketones (excluding diaryl/α,β-unsaturated/α-hetero) is 1. The molecule has 274 valence electrons. The molecule has 1 aromatic rings. The van der Waals surface area contributed by atoms with Gasteiger partial charge in [0.2, 0.25) is 5.60 Å². The van der Waals surface area contributed by atoms with Gasteiger partial charge in [-0.3, -0.25) is 28.8 Å². The molecule has 13 atom stereocenters. The molecule has 3 aliphatic heterocycles. The molecule has 1 aromatic heterocycles. The minimum Gasteiger partial charge on any atom is -0.469 e. The van der Waals surface area contributed by atoms with Gasteiger partial charge in [0.15, 0.2) is 18.0 Å². The Morgan fingerprint density at radius 1 is 0.961 bits per heavy atom. The number of furan rings is 1. The lowest BCUT2D eigenvalue weighted by Gasteiger charge is -2.78. The van der Waals surface area contributed by atoms with Crippen LogP contribution >= 0.6 is 0 Å². The van der Waals surface area contributed by atoms with Gasteiger partial charge in [0.25, 0.3) is 5.97 Å². The molecule has 0 N–H and O–H groups in total. The quantitative estimate of drug-likeness (QED) is 0.309. The molecule has 5 aliphatic carbocycles. The number of rotatable bonds is 6. The zero-order valence-corrected chi connectivity index (χ0v) is 29.4. The Balaban J connectivity index is 1.50. The van der Waals surface area contributed by atoms with Crippen LogP contribution in [0, 0.1) is 28.1 Å². The minimum atomic E-state index is -2.17. The largest absolute Gasteiger partial charge is 0.469 e. The van der Waals surface area contributed by atoms with Crippen LogP contribution in [0.1, 0.15) is 95.7 Å². The van der Waals surface area contributed by atoms with E-state index in [1.165, 1.54) is 27.2 Å². The topological polar surface area (TPSA) is 189 Å². The van der Waals surface area contributed by atoms with Crippen molar-refractivity contribution in [3.8, 4) is 0 Å². The van der Waals surface area contributed by atoms with Gasteiger partial charge in [-0.05, 0) is 24.8 Å². The molecule has 4 saturated carbocycles. The molecule has 4 heterocycles. The van der Waals surface area contributed by atoms with Crippen molar-refractivity contribution in [3.63, 3.8) is 0 Å². The van der Waals surface area contributed by atoms with Gasteiger partial charge in [-0.2, -0.15) is 0 Å². The van der Waals surface area contributed by atoms with E-state index in [2.05, 4.69) is 0 Å². The lowest BCUT2D eigenvalue weighted by Crippen LogP contribution is -2.96. The van der Waals surface area contributed by atoms with E-state index in [1.54, 1.807) is 26.8 Å². The summed E-state index contributed by atoms with van der Waals surface area (Å²) in [5.41, 5.74) is -11.5. The lowest BCUT2D eigenvalue weighted by atomic mass is 9.30. The van der Waals surface area contributed by atoms with E-state index in [9.17, 15) is 28.8 Å². The van der Waals surface area contributed by atoms with Gasteiger partial charge in [-0.25, -0.2) is 0 Å². The van der Waals surface area contributed by atoms with Gasteiger partial charge in [0.05, 0.1) is 36.7 Å². The summed E-state index contributed by atoms with van der Waals surface area (Å²) in [5, 5.41) is 0. The molecule has 15 heteroatoms. The summed E-state index contributed by atoms with van der Waals surface area (Å²) >= 11 is 0. The highest BCUT2D eigenvalue weighted by atomic mass is 16.9. The third-order valence-electron chi connectivity index (χ3n) is 14.2. The first-order valence-corrected chi connectivity index (χ1v) is 17.4. The Hall–Kier alpha value is -3.82. The van der Waals surface area contributed by atoms with Crippen LogP contribution in [-0.2, 0) is 61.9 Å². The second-order valence-electron chi connectivity index (χ2n) is 16.2. The molecule has 3 saturated heterocycles. The number of carbonyl (C=O) groups excluding carboxylic acids is 6. The molecule has 0 amide bonds. The summed E-state index contributed by atoms with van der Waals surface area (Å²) in [4.78, 5) is 82.5. The first-order valence-electron chi connectivity index (χ1n) is 17.4. The second-order valence-corrected chi connectivity index (χ2v) is 16.2. The van der Waals surface area contributed by atoms with E-state index >= 15 is 0 Å². The van der Waals surface area contributed by atoms with Gasteiger partial charge in [-0.1, -0.05) is 20.8 Å².